The number of carbonyl (C=O) groups is 2. The molecular formula is C17H22F3N3O2. The van der Waals surface area contributed by atoms with Crippen molar-refractivity contribution in [3.63, 3.8) is 0 Å². The average Bonchev–Trinajstić information content (AvgIpc) is 2.59. The van der Waals surface area contributed by atoms with Gasteiger partial charge in [-0.05, 0) is 39.1 Å². The van der Waals surface area contributed by atoms with Gasteiger partial charge in [-0.2, -0.15) is 0 Å². The second-order valence-corrected chi connectivity index (χ2v) is 6.38. The standard InChI is InChI=1S/C17H22F3N3O2/c1-22(2)10-7-21-16(24)11-5-8-23(9-6-11)17(25)12-3-4-13(18)15(20)14(12)19/h3-4,11H,5-10H2,1-2H3,(H,21,24). The molecule has 138 valence electrons. The lowest BCUT2D eigenvalue weighted by Gasteiger charge is -2.31. The number of nitrogens with one attached hydrogen (secondary N) is 1. The van der Waals surface area contributed by atoms with E-state index >= 15 is 0 Å². The number of likely N-dealkylation sites (N-methyl/N-ethyl adjacent to an activating group) is 1. The van der Waals surface area contributed by atoms with Crippen LogP contribution in [0.3, 0.4) is 0 Å². The van der Waals surface area contributed by atoms with Crippen molar-refractivity contribution >= 4 is 11.8 Å². The minimum absolute atomic E-state index is 0.0621. The quantitative estimate of drug-likeness (QED) is 0.815. The fourth-order valence-electron chi connectivity index (χ4n) is 2.75. The second kappa shape index (κ2) is 8.33. The molecule has 0 aliphatic carbocycles. The fourth-order valence-corrected chi connectivity index (χ4v) is 2.75. The Morgan fingerprint density at radius 1 is 1.16 bits per heavy atom. The molecule has 1 saturated heterocycles. The Labute approximate surface area is 144 Å². The molecule has 5 nitrogen and oxygen atoms in total. The Kier molecular flexibility index (Phi) is 6.41. The van der Waals surface area contributed by atoms with Gasteiger partial charge in [-0.25, -0.2) is 13.2 Å². The van der Waals surface area contributed by atoms with E-state index in [1.165, 1.54) is 4.90 Å². The van der Waals surface area contributed by atoms with E-state index in [-0.39, 0.29) is 24.9 Å². The van der Waals surface area contributed by atoms with Gasteiger partial charge in [0.05, 0.1) is 5.56 Å². The van der Waals surface area contributed by atoms with E-state index in [1.54, 1.807) is 0 Å². The van der Waals surface area contributed by atoms with Crippen LogP contribution >= 0.6 is 0 Å². The number of amides is 2. The number of benzene rings is 1. The van der Waals surface area contributed by atoms with Gasteiger partial charge in [0, 0.05) is 32.1 Å². The van der Waals surface area contributed by atoms with Crippen LogP contribution in [0.5, 0.6) is 0 Å². The van der Waals surface area contributed by atoms with Crippen LogP contribution in [0.2, 0.25) is 0 Å². The molecule has 1 aliphatic heterocycles. The predicted molar refractivity (Wildman–Crippen MR) is 86.5 cm³/mol. The molecule has 1 fully saturated rings. The van der Waals surface area contributed by atoms with E-state index in [4.69, 9.17) is 0 Å². The molecule has 1 aromatic rings. The lowest BCUT2D eigenvalue weighted by atomic mass is 9.95. The molecule has 0 bridgehead atoms. The molecule has 1 aliphatic rings. The third-order valence-corrected chi connectivity index (χ3v) is 4.28. The highest BCUT2D eigenvalue weighted by Crippen LogP contribution is 2.22. The first-order chi connectivity index (χ1) is 11.8. The topological polar surface area (TPSA) is 52.7 Å². The van der Waals surface area contributed by atoms with Crippen LogP contribution in [0.25, 0.3) is 0 Å². The van der Waals surface area contributed by atoms with Crippen LogP contribution in [0.15, 0.2) is 12.1 Å². The van der Waals surface area contributed by atoms with Crippen molar-refractivity contribution in [3.8, 4) is 0 Å². The van der Waals surface area contributed by atoms with Gasteiger partial charge in [0.2, 0.25) is 5.91 Å². The molecule has 25 heavy (non-hydrogen) atoms. The van der Waals surface area contributed by atoms with Gasteiger partial charge in [-0.15, -0.1) is 0 Å². The zero-order valence-electron chi connectivity index (χ0n) is 14.3. The lowest BCUT2D eigenvalue weighted by Crippen LogP contribution is -2.44. The summed E-state index contributed by atoms with van der Waals surface area (Å²) < 4.78 is 40.0. The highest BCUT2D eigenvalue weighted by atomic mass is 19.2. The van der Waals surface area contributed by atoms with E-state index in [0.717, 1.165) is 18.7 Å². The summed E-state index contributed by atoms with van der Waals surface area (Å²) in [5.41, 5.74) is -0.493. The highest BCUT2D eigenvalue weighted by molar-refractivity contribution is 5.94. The molecule has 0 aromatic heterocycles. The van der Waals surface area contributed by atoms with Gasteiger partial charge in [0.25, 0.3) is 5.91 Å². The third kappa shape index (κ3) is 4.72. The van der Waals surface area contributed by atoms with Crippen LogP contribution in [0, 0.1) is 23.4 Å². The summed E-state index contributed by atoms with van der Waals surface area (Å²) in [6, 6.07) is 1.67. The molecule has 1 aromatic carbocycles. The van der Waals surface area contributed by atoms with Crippen LogP contribution in [-0.2, 0) is 4.79 Å². The summed E-state index contributed by atoms with van der Waals surface area (Å²) in [5, 5.41) is 2.85. The van der Waals surface area contributed by atoms with E-state index in [9.17, 15) is 22.8 Å². The van der Waals surface area contributed by atoms with Crippen molar-refractivity contribution < 1.29 is 22.8 Å². The summed E-state index contributed by atoms with van der Waals surface area (Å²) in [4.78, 5) is 27.7. The van der Waals surface area contributed by atoms with Crippen LogP contribution in [-0.4, -0.2) is 61.9 Å². The molecular weight excluding hydrogens is 335 g/mol. The predicted octanol–water partition coefficient (Wildman–Crippen LogP) is 1.63. The van der Waals surface area contributed by atoms with Crippen molar-refractivity contribution in [3.05, 3.63) is 35.1 Å². The summed E-state index contributed by atoms with van der Waals surface area (Å²) in [5.74, 6) is -5.42. The Balaban J connectivity index is 1.90. The largest absolute Gasteiger partial charge is 0.355 e. The molecule has 0 unspecified atom stereocenters. The molecule has 0 saturated carbocycles. The molecule has 1 N–H and O–H groups in total. The first-order valence-electron chi connectivity index (χ1n) is 8.16. The maximum atomic E-state index is 13.7. The number of rotatable bonds is 5. The van der Waals surface area contributed by atoms with Crippen LogP contribution in [0.4, 0.5) is 13.2 Å². The summed E-state index contributed by atoms with van der Waals surface area (Å²) in [6.45, 7) is 1.82. The van der Waals surface area contributed by atoms with Gasteiger partial charge in [0.1, 0.15) is 0 Å². The summed E-state index contributed by atoms with van der Waals surface area (Å²) in [7, 11) is 3.82. The van der Waals surface area contributed by atoms with Crippen molar-refractivity contribution in [1.82, 2.24) is 15.1 Å². The van der Waals surface area contributed by atoms with Crippen LogP contribution in [0.1, 0.15) is 23.2 Å². The second-order valence-electron chi connectivity index (χ2n) is 6.38. The normalized spacial score (nSPS) is 15.5. The van der Waals surface area contributed by atoms with Crippen molar-refractivity contribution in [2.45, 2.75) is 12.8 Å². The Morgan fingerprint density at radius 2 is 1.80 bits per heavy atom. The number of hydrogen-bond donors (Lipinski definition) is 1. The molecule has 0 spiro atoms. The Morgan fingerprint density at radius 3 is 2.40 bits per heavy atom. The highest BCUT2D eigenvalue weighted by Gasteiger charge is 2.29. The van der Waals surface area contributed by atoms with Crippen molar-refractivity contribution in [1.29, 1.82) is 0 Å². The third-order valence-electron chi connectivity index (χ3n) is 4.28. The Hall–Kier alpha value is -2.09. The maximum absolute atomic E-state index is 13.7. The van der Waals surface area contributed by atoms with Gasteiger partial charge in [-0.1, -0.05) is 0 Å². The first kappa shape index (κ1) is 19.2. The van der Waals surface area contributed by atoms with Gasteiger partial charge < -0.3 is 15.1 Å². The van der Waals surface area contributed by atoms with E-state index in [2.05, 4.69) is 5.32 Å². The van der Waals surface area contributed by atoms with Gasteiger partial charge in [-0.3, -0.25) is 9.59 Å². The maximum Gasteiger partial charge on any atom is 0.256 e. The molecule has 1 heterocycles. The average molecular weight is 357 g/mol. The van der Waals surface area contributed by atoms with Crippen molar-refractivity contribution in [2.24, 2.45) is 5.92 Å². The molecule has 0 radical (unpaired) electrons. The summed E-state index contributed by atoms with van der Waals surface area (Å²) >= 11 is 0. The lowest BCUT2D eigenvalue weighted by molar-refractivity contribution is -0.126. The molecule has 8 heteroatoms. The number of carbonyl (C=O) groups excluding carboxylic acids is 2. The fraction of sp³-hybridized carbons (Fsp3) is 0.529. The minimum atomic E-state index is -1.65. The van der Waals surface area contributed by atoms with Crippen molar-refractivity contribution in [2.75, 3.05) is 40.3 Å². The zero-order chi connectivity index (χ0) is 18.6. The smallest absolute Gasteiger partial charge is 0.256 e. The number of piperidine rings is 1. The van der Waals surface area contributed by atoms with E-state index in [0.29, 0.717) is 19.4 Å². The Bertz CT molecular complexity index is 644. The molecule has 2 amide bonds. The van der Waals surface area contributed by atoms with E-state index < -0.39 is 28.9 Å². The van der Waals surface area contributed by atoms with Gasteiger partial charge >= 0.3 is 0 Å². The minimum Gasteiger partial charge on any atom is -0.355 e. The number of likely N-dealkylation sites (tertiary alicyclic amines) is 1. The summed E-state index contributed by atoms with van der Waals surface area (Å²) in [6.07, 6.45) is 0.898. The SMILES string of the molecule is CN(C)CCNC(=O)C1CCN(C(=O)c2ccc(F)c(F)c2F)CC1. The number of halogens is 3. The first-order valence-corrected chi connectivity index (χ1v) is 8.16. The monoisotopic (exact) mass is 357 g/mol. The van der Waals surface area contributed by atoms with E-state index in [1.807, 2.05) is 19.0 Å². The molecule has 2 rings (SSSR count). The molecule has 0 atom stereocenters. The van der Waals surface area contributed by atoms with Gasteiger partial charge in [0.15, 0.2) is 17.5 Å². The van der Waals surface area contributed by atoms with Crippen LogP contribution < -0.4 is 5.32 Å². The zero-order valence-corrected chi connectivity index (χ0v) is 14.3. The number of nitrogens with zero attached hydrogens (tertiary/aromatic N) is 2. The number of hydrogen-bond acceptors (Lipinski definition) is 3.